The number of benzene rings is 2. The van der Waals surface area contributed by atoms with E-state index in [2.05, 4.69) is 0 Å². The molecule has 0 heterocycles. The van der Waals surface area contributed by atoms with Crippen LogP contribution in [0.15, 0.2) is 48.5 Å². The number of hydrogen-bond acceptors (Lipinski definition) is 5. The van der Waals surface area contributed by atoms with Gasteiger partial charge >= 0.3 is 5.97 Å². The van der Waals surface area contributed by atoms with Gasteiger partial charge in [0.1, 0.15) is 17.1 Å². The Morgan fingerprint density at radius 2 is 1.63 bits per heavy atom. The van der Waals surface area contributed by atoms with Crippen molar-refractivity contribution in [1.82, 2.24) is 0 Å². The van der Waals surface area contributed by atoms with E-state index in [1.165, 1.54) is 0 Å². The van der Waals surface area contributed by atoms with E-state index in [-0.39, 0.29) is 11.8 Å². The standard InChI is InChI=1S/C22H26O5/c1-22(2,3)27-20(23)9-6-14-26-19-8-5-7-17(15-19)21(24)16-10-12-18(25-4)13-11-16/h5,7-8,10-13,15H,6,9,14H2,1-4H3. The molecule has 0 saturated carbocycles. The Hall–Kier alpha value is -2.82. The number of methoxy groups -OCH3 is 1. The van der Waals surface area contributed by atoms with Crippen molar-refractivity contribution in [1.29, 1.82) is 0 Å². The maximum absolute atomic E-state index is 12.6. The molecule has 0 bridgehead atoms. The predicted octanol–water partition coefficient (Wildman–Crippen LogP) is 4.43. The number of rotatable bonds is 8. The molecule has 2 aromatic rings. The molecule has 144 valence electrons. The zero-order chi connectivity index (χ0) is 19.9. The molecule has 0 saturated heterocycles. The minimum absolute atomic E-state index is 0.0862. The van der Waals surface area contributed by atoms with Crippen LogP contribution in [0.2, 0.25) is 0 Å². The molecule has 0 atom stereocenters. The summed E-state index contributed by atoms with van der Waals surface area (Å²) in [6.45, 7) is 5.89. The summed E-state index contributed by atoms with van der Waals surface area (Å²) >= 11 is 0. The number of ketones is 1. The maximum Gasteiger partial charge on any atom is 0.306 e. The van der Waals surface area contributed by atoms with E-state index in [1.54, 1.807) is 55.6 Å². The summed E-state index contributed by atoms with van der Waals surface area (Å²) in [6.07, 6.45) is 0.841. The van der Waals surface area contributed by atoms with Crippen LogP contribution in [0.5, 0.6) is 11.5 Å². The van der Waals surface area contributed by atoms with Gasteiger partial charge in [-0.15, -0.1) is 0 Å². The van der Waals surface area contributed by atoms with Gasteiger partial charge in [-0.2, -0.15) is 0 Å². The van der Waals surface area contributed by atoms with Gasteiger partial charge in [-0.25, -0.2) is 0 Å². The highest BCUT2D eigenvalue weighted by Gasteiger charge is 2.15. The average Bonchev–Trinajstić information content (AvgIpc) is 2.63. The predicted molar refractivity (Wildman–Crippen MR) is 103 cm³/mol. The summed E-state index contributed by atoms with van der Waals surface area (Å²) in [7, 11) is 1.58. The van der Waals surface area contributed by atoms with Crippen LogP contribution in [0.25, 0.3) is 0 Å². The quantitative estimate of drug-likeness (QED) is 0.391. The molecular formula is C22H26O5. The van der Waals surface area contributed by atoms with Crippen LogP contribution in [0, 0.1) is 0 Å². The lowest BCUT2D eigenvalue weighted by Crippen LogP contribution is -2.23. The fourth-order valence-corrected chi connectivity index (χ4v) is 2.44. The summed E-state index contributed by atoms with van der Waals surface area (Å²) in [5.74, 6) is 0.971. The lowest BCUT2D eigenvalue weighted by molar-refractivity contribution is -0.155. The molecule has 0 radical (unpaired) electrons. The zero-order valence-electron chi connectivity index (χ0n) is 16.3. The van der Waals surface area contributed by atoms with Gasteiger partial charge in [-0.05, 0) is 63.6 Å². The van der Waals surface area contributed by atoms with Crippen LogP contribution in [-0.2, 0) is 9.53 Å². The van der Waals surface area contributed by atoms with E-state index in [9.17, 15) is 9.59 Å². The molecule has 2 rings (SSSR count). The van der Waals surface area contributed by atoms with Crippen molar-refractivity contribution < 1.29 is 23.8 Å². The molecule has 5 nitrogen and oxygen atoms in total. The molecule has 0 aliphatic rings. The van der Waals surface area contributed by atoms with Crippen LogP contribution < -0.4 is 9.47 Å². The normalized spacial score (nSPS) is 11.0. The molecule has 0 aliphatic carbocycles. The van der Waals surface area contributed by atoms with Crippen molar-refractivity contribution in [2.45, 2.75) is 39.2 Å². The zero-order valence-corrected chi connectivity index (χ0v) is 16.3. The van der Waals surface area contributed by atoms with Gasteiger partial charge in [0.2, 0.25) is 0 Å². The number of carbonyl (C=O) groups excluding carboxylic acids is 2. The van der Waals surface area contributed by atoms with Crippen molar-refractivity contribution in [3.05, 3.63) is 59.7 Å². The number of carbonyl (C=O) groups is 2. The van der Waals surface area contributed by atoms with Crippen LogP contribution >= 0.6 is 0 Å². The summed E-state index contributed by atoms with van der Waals surface area (Å²) in [5, 5.41) is 0. The van der Waals surface area contributed by atoms with Gasteiger partial charge in [0.15, 0.2) is 5.78 Å². The van der Waals surface area contributed by atoms with Gasteiger partial charge in [-0.1, -0.05) is 12.1 Å². The third kappa shape index (κ3) is 6.77. The Balaban J connectivity index is 1.89. The van der Waals surface area contributed by atoms with Crippen LogP contribution in [0.4, 0.5) is 0 Å². The molecule has 0 unspecified atom stereocenters. The first-order valence-electron chi connectivity index (χ1n) is 8.92. The Bertz CT molecular complexity index is 772. The third-order valence-electron chi connectivity index (χ3n) is 3.66. The highest BCUT2D eigenvalue weighted by molar-refractivity contribution is 6.09. The lowest BCUT2D eigenvalue weighted by Gasteiger charge is -2.19. The Kier molecular flexibility index (Phi) is 6.99. The summed E-state index contributed by atoms with van der Waals surface area (Å²) in [5.41, 5.74) is 0.649. The van der Waals surface area contributed by atoms with E-state index < -0.39 is 5.60 Å². The van der Waals surface area contributed by atoms with Crippen LogP contribution in [0.1, 0.15) is 49.5 Å². The number of ether oxygens (including phenoxy) is 3. The SMILES string of the molecule is COc1ccc(C(=O)c2cccc(OCCCC(=O)OC(C)(C)C)c2)cc1. The van der Waals surface area contributed by atoms with Gasteiger partial charge in [0.05, 0.1) is 13.7 Å². The molecule has 27 heavy (non-hydrogen) atoms. The average molecular weight is 370 g/mol. The first kappa shape index (κ1) is 20.5. The van der Waals surface area contributed by atoms with E-state index >= 15 is 0 Å². The number of esters is 1. The smallest absolute Gasteiger partial charge is 0.306 e. The summed E-state index contributed by atoms with van der Waals surface area (Å²) in [6, 6.07) is 14.0. The first-order chi connectivity index (χ1) is 12.8. The molecular weight excluding hydrogens is 344 g/mol. The monoisotopic (exact) mass is 370 g/mol. The van der Waals surface area contributed by atoms with Crippen molar-refractivity contribution in [3.63, 3.8) is 0 Å². The fraction of sp³-hybridized carbons (Fsp3) is 0.364. The minimum atomic E-state index is -0.478. The summed E-state index contributed by atoms with van der Waals surface area (Å²) in [4.78, 5) is 24.3. The second kappa shape index (κ2) is 9.21. The molecule has 0 N–H and O–H groups in total. The van der Waals surface area contributed by atoms with Gasteiger partial charge in [0.25, 0.3) is 0 Å². The molecule has 0 fully saturated rings. The second-order valence-corrected chi connectivity index (χ2v) is 7.12. The third-order valence-corrected chi connectivity index (χ3v) is 3.66. The van der Waals surface area contributed by atoms with Crippen molar-refractivity contribution >= 4 is 11.8 Å². The van der Waals surface area contributed by atoms with Crippen LogP contribution in [0.3, 0.4) is 0 Å². The molecule has 0 aromatic heterocycles. The van der Waals surface area contributed by atoms with E-state index in [4.69, 9.17) is 14.2 Å². The van der Waals surface area contributed by atoms with Crippen molar-refractivity contribution in [2.24, 2.45) is 0 Å². The van der Waals surface area contributed by atoms with Gasteiger partial charge in [0, 0.05) is 17.5 Å². The van der Waals surface area contributed by atoms with Crippen molar-refractivity contribution in [2.75, 3.05) is 13.7 Å². The molecule has 2 aromatic carbocycles. The maximum atomic E-state index is 12.6. The summed E-state index contributed by atoms with van der Waals surface area (Å²) < 4.78 is 16.0. The highest BCUT2D eigenvalue weighted by atomic mass is 16.6. The minimum Gasteiger partial charge on any atom is -0.497 e. The largest absolute Gasteiger partial charge is 0.497 e. The Morgan fingerprint density at radius 1 is 0.926 bits per heavy atom. The fourth-order valence-electron chi connectivity index (χ4n) is 2.44. The van der Waals surface area contributed by atoms with E-state index in [0.717, 1.165) is 0 Å². The molecule has 5 heteroatoms. The molecule has 0 aliphatic heterocycles. The molecule has 0 amide bonds. The van der Waals surface area contributed by atoms with Gasteiger partial charge in [-0.3, -0.25) is 9.59 Å². The first-order valence-corrected chi connectivity index (χ1v) is 8.92. The molecule has 0 spiro atoms. The van der Waals surface area contributed by atoms with Gasteiger partial charge < -0.3 is 14.2 Å². The Morgan fingerprint density at radius 3 is 2.26 bits per heavy atom. The van der Waals surface area contributed by atoms with Crippen molar-refractivity contribution in [3.8, 4) is 11.5 Å². The van der Waals surface area contributed by atoms with E-state index in [0.29, 0.717) is 42.1 Å². The highest BCUT2D eigenvalue weighted by Crippen LogP contribution is 2.19. The Labute approximate surface area is 160 Å². The lowest BCUT2D eigenvalue weighted by atomic mass is 10.0. The topological polar surface area (TPSA) is 61.8 Å². The van der Waals surface area contributed by atoms with Crippen LogP contribution in [-0.4, -0.2) is 31.1 Å². The number of hydrogen-bond donors (Lipinski definition) is 0. The second-order valence-electron chi connectivity index (χ2n) is 7.12. The van der Waals surface area contributed by atoms with E-state index in [1.807, 2.05) is 20.8 Å².